The Hall–Kier alpha value is -3.29. The Morgan fingerprint density at radius 1 is 1.21 bits per heavy atom. The fourth-order valence-electron chi connectivity index (χ4n) is 2.26. The van der Waals surface area contributed by atoms with Crippen molar-refractivity contribution in [3.63, 3.8) is 0 Å². The summed E-state index contributed by atoms with van der Waals surface area (Å²) in [4.78, 5) is 21.6. The van der Waals surface area contributed by atoms with Crippen LogP contribution >= 0.6 is 11.6 Å². The van der Waals surface area contributed by atoms with E-state index in [1.165, 1.54) is 0 Å². The molecule has 7 nitrogen and oxygen atoms in total. The van der Waals surface area contributed by atoms with Gasteiger partial charge in [0.25, 0.3) is 5.69 Å². The van der Waals surface area contributed by atoms with E-state index in [2.05, 4.69) is 11.8 Å². The number of nitro benzene ring substituents is 1. The molecule has 0 aliphatic heterocycles. The fourth-order valence-corrected chi connectivity index (χ4v) is 2.48. The second-order valence-electron chi connectivity index (χ2n) is 5.47. The van der Waals surface area contributed by atoms with E-state index in [9.17, 15) is 33.2 Å². The number of carbonyl (C=O) groups is 1. The first-order chi connectivity index (χ1) is 13.5. The average Bonchev–Trinajstić information content (AvgIpc) is 2.63. The summed E-state index contributed by atoms with van der Waals surface area (Å²) in [5.41, 5.74) is -2.34. The zero-order chi connectivity index (χ0) is 21.8. The van der Waals surface area contributed by atoms with Gasteiger partial charge < -0.3 is 14.9 Å². The maximum absolute atomic E-state index is 12.8. The Labute approximate surface area is 166 Å². The molecule has 2 aromatic rings. The molecule has 0 aromatic heterocycles. The van der Waals surface area contributed by atoms with Gasteiger partial charge in [0.15, 0.2) is 0 Å². The fraction of sp³-hybridized carbons (Fsp3) is 0.167. The lowest BCUT2D eigenvalue weighted by Gasteiger charge is -2.14. The van der Waals surface area contributed by atoms with Crippen LogP contribution in [-0.2, 0) is 12.6 Å². The van der Waals surface area contributed by atoms with E-state index >= 15 is 0 Å². The van der Waals surface area contributed by atoms with Crippen LogP contribution in [-0.4, -0.2) is 27.7 Å². The summed E-state index contributed by atoms with van der Waals surface area (Å²) in [6, 6.07) is 4.09. The first-order valence-electron chi connectivity index (χ1n) is 7.70. The molecule has 2 rings (SSSR count). The normalized spacial score (nSPS) is 10.8. The van der Waals surface area contributed by atoms with Gasteiger partial charge in [0, 0.05) is 24.1 Å². The monoisotopic (exact) mass is 429 g/mol. The number of benzene rings is 2. The smallest absolute Gasteiger partial charge is 0.416 e. The average molecular weight is 430 g/mol. The van der Waals surface area contributed by atoms with Gasteiger partial charge in [-0.1, -0.05) is 23.4 Å². The Morgan fingerprint density at radius 3 is 2.41 bits per heavy atom. The van der Waals surface area contributed by atoms with Gasteiger partial charge in [-0.15, -0.1) is 0 Å². The molecule has 2 N–H and O–H groups in total. The standard InChI is InChI=1S/C18H11ClF3NO6/c19-13-8-11(18(20,21)22)4-5-15(13)29-16-9-12(17(25)26)14(23(27)28)7-10(16)3-1-2-6-24/h4-5,7-9,24H,3,6H2,(H,25,26). The van der Waals surface area contributed by atoms with Crippen molar-refractivity contribution < 1.29 is 37.8 Å². The van der Waals surface area contributed by atoms with Crippen LogP contribution in [0.5, 0.6) is 11.5 Å². The van der Waals surface area contributed by atoms with E-state index in [0.29, 0.717) is 6.07 Å². The number of nitrogens with zero attached hydrogens (tertiary/aromatic N) is 1. The van der Waals surface area contributed by atoms with Crippen molar-refractivity contribution in [1.82, 2.24) is 0 Å². The highest BCUT2D eigenvalue weighted by atomic mass is 35.5. The maximum Gasteiger partial charge on any atom is 0.416 e. The van der Waals surface area contributed by atoms with Gasteiger partial charge in [-0.3, -0.25) is 10.1 Å². The number of aromatic carboxylic acids is 1. The molecule has 29 heavy (non-hydrogen) atoms. The summed E-state index contributed by atoms with van der Waals surface area (Å²) >= 11 is 5.84. The number of rotatable bonds is 5. The number of aliphatic hydroxyl groups excluding tert-OH is 1. The minimum Gasteiger partial charge on any atom is -0.477 e. The number of nitro groups is 1. The van der Waals surface area contributed by atoms with E-state index in [-0.39, 0.29) is 23.5 Å². The molecular weight excluding hydrogens is 419 g/mol. The highest BCUT2D eigenvalue weighted by Gasteiger charge is 2.31. The molecule has 0 bridgehead atoms. The highest BCUT2D eigenvalue weighted by Crippen LogP contribution is 2.38. The molecule has 0 aliphatic rings. The summed E-state index contributed by atoms with van der Waals surface area (Å²) in [5, 5.41) is 28.7. The highest BCUT2D eigenvalue weighted by molar-refractivity contribution is 6.32. The van der Waals surface area contributed by atoms with E-state index in [0.717, 1.165) is 24.3 Å². The van der Waals surface area contributed by atoms with E-state index < -0.39 is 45.5 Å². The van der Waals surface area contributed by atoms with Crippen molar-refractivity contribution in [2.24, 2.45) is 0 Å². The SMILES string of the molecule is O=C(O)c1cc(Oc2ccc(C(F)(F)F)cc2Cl)c(CC#CCO)cc1[N+](=O)[O-]. The molecule has 11 heteroatoms. The predicted molar refractivity (Wildman–Crippen MR) is 95.1 cm³/mol. The van der Waals surface area contributed by atoms with Crippen LogP contribution in [0.1, 0.15) is 21.5 Å². The van der Waals surface area contributed by atoms with Crippen molar-refractivity contribution in [1.29, 1.82) is 0 Å². The molecule has 0 fully saturated rings. The lowest BCUT2D eigenvalue weighted by molar-refractivity contribution is -0.385. The minimum atomic E-state index is -4.63. The van der Waals surface area contributed by atoms with Gasteiger partial charge in [0.1, 0.15) is 23.7 Å². The van der Waals surface area contributed by atoms with Crippen LogP contribution in [0.15, 0.2) is 30.3 Å². The summed E-state index contributed by atoms with van der Waals surface area (Å²) in [6.07, 6.45) is -4.79. The third kappa shape index (κ3) is 5.37. The molecule has 0 heterocycles. The second kappa shape index (κ2) is 8.81. The summed E-state index contributed by atoms with van der Waals surface area (Å²) in [6.45, 7) is -0.476. The summed E-state index contributed by atoms with van der Waals surface area (Å²) in [5.74, 6) is 2.81. The number of hydrogen-bond donors (Lipinski definition) is 2. The topological polar surface area (TPSA) is 110 Å². The molecule has 0 unspecified atom stereocenters. The number of alkyl halides is 3. The van der Waals surface area contributed by atoms with Gasteiger partial charge in [0.2, 0.25) is 0 Å². The Balaban J connectivity index is 2.56. The molecule has 0 aliphatic carbocycles. The third-order valence-corrected chi connectivity index (χ3v) is 3.86. The minimum absolute atomic E-state index is 0.0821. The zero-order valence-electron chi connectivity index (χ0n) is 14.3. The van der Waals surface area contributed by atoms with Crippen LogP contribution in [0, 0.1) is 22.0 Å². The first kappa shape index (κ1) is 22.0. The first-order valence-corrected chi connectivity index (χ1v) is 8.08. The molecule has 0 spiro atoms. The van der Waals surface area contributed by atoms with Crippen LogP contribution < -0.4 is 4.74 Å². The van der Waals surface area contributed by atoms with Crippen LogP contribution in [0.25, 0.3) is 0 Å². The van der Waals surface area contributed by atoms with E-state index in [1.54, 1.807) is 0 Å². The van der Waals surface area contributed by atoms with Gasteiger partial charge in [0.05, 0.1) is 15.5 Å². The van der Waals surface area contributed by atoms with Gasteiger partial charge in [-0.05, 0) is 18.2 Å². The molecule has 152 valence electrons. The van der Waals surface area contributed by atoms with Crippen molar-refractivity contribution in [3.05, 3.63) is 62.2 Å². The lowest BCUT2D eigenvalue weighted by atomic mass is 10.0. The third-order valence-electron chi connectivity index (χ3n) is 3.57. The van der Waals surface area contributed by atoms with Crippen LogP contribution in [0.2, 0.25) is 5.02 Å². The van der Waals surface area contributed by atoms with Crippen LogP contribution in [0.3, 0.4) is 0 Å². The van der Waals surface area contributed by atoms with Gasteiger partial charge in [-0.25, -0.2) is 4.79 Å². The second-order valence-corrected chi connectivity index (χ2v) is 5.88. The van der Waals surface area contributed by atoms with Gasteiger partial charge in [-0.2, -0.15) is 13.2 Å². The van der Waals surface area contributed by atoms with E-state index in [4.69, 9.17) is 21.4 Å². The van der Waals surface area contributed by atoms with Crippen molar-refractivity contribution in [2.75, 3.05) is 6.61 Å². The van der Waals surface area contributed by atoms with Gasteiger partial charge >= 0.3 is 12.1 Å². The summed E-state index contributed by atoms with van der Waals surface area (Å²) < 4.78 is 43.7. The number of hydrogen-bond acceptors (Lipinski definition) is 5. The zero-order valence-corrected chi connectivity index (χ0v) is 15.0. The molecule has 0 radical (unpaired) electrons. The molecule has 0 saturated heterocycles. The number of carboxylic acid groups (broad SMARTS) is 1. The number of ether oxygens (including phenoxy) is 1. The van der Waals surface area contributed by atoms with Crippen molar-refractivity contribution in [3.8, 4) is 23.3 Å². The molecule has 0 atom stereocenters. The molecule has 2 aromatic carbocycles. The Kier molecular flexibility index (Phi) is 6.68. The quantitative estimate of drug-likeness (QED) is 0.416. The molecular formula is C18H11ClF3NO6. The maximum atomic E-state index is 12.8. The largest absolute Gasteiger partial charge is 0.477 e. The molecule has 0 amide bonds. The van der Waals surface area contributed by atoms with Crippen molar-refractivity contribution >= 4 is 23.3 Å². The number of carboxylic acids is 1. The number of halogens is 4. The Bertz CT molecular complexity index is 1030. The summed E-state index contributed by atoms with van der Waals surface area (Å²) in [7, 11) is 0. The van der Waals surface area contributed by atoms with Crippen molar-refractivity contribution in [2.45, 2.75) is 12.6 Å². The Morgan fingerprint density at radius 2 is 1.90 bits per heavy atom. The lowest BCUT2D eigenvalue weighted by Crippen LogP contribution is -2.06. The molecule has 0 saturated carbocycles. The van der Waals surface area contributed by atoms with E-state index in [1.807, 2.05) is 0 Å². The number of aliphatic hydroxyl groups is 1. The predicted octanol–water partition coefficient (Wildman–Crippen LogP) is 4.30. The van der Waals surface area contributed by atoms with Crippen LogP contribution in [0.4, 0.5) is 18.9 Å².